The third-order valence-corrected chi connectivity index (χ3v) is 4.21. The van der Waals surface area contributed by atoms with E-state index in [4.69, 9.17) is 9.47 Å². The molecule has 0 aliphatic heterocycles. The summed E-state index contributed by atoms with van der Waals surface area (Å²) in [5.74, 6) is 1.53. The van der Waals surface area contributed by atoms with Crippen molar-refractivity contribution in [2.24, 2.45) is 0 Å². The predicted molar refractivity (Wildman–Crippen MR) is 86.1 cm³/mol. The normalized spacial score (nSPS) is 12.0. The van der Waals surface area contributed by atoms with Crippen LogP contribution in [0.2, 0.25) is 0 Å². The number of alkyl halides is 1. The molecule has 0 aromatic heterocycles. The average Bonchev–Trinajstić information content (AvgIpc) is 2.47. The Morgan fingerprint density at radius 1 is 1.00 bits per heavy atom. The van der Waals surface area contributed by atoms with Crippen molar-refractivity contribution in [3.05, 3.63) is 59.2 Å². The van der Waals surface area contributed by atoms with Gasteiger partial charge in [-0.05, 0) is 42.2 Å². The Bertz CT molecular complexity index is 581. The van der Waals surface area contributed by atoms with Gasteiger partial charge in [0.15, 0.2) is 11.5 Å². The van der Waals surface area contributed by atoms with Crippen LogP contribution in [0.4, 0.5) is 0 Å². The molecule has 20 heavy (non-hydrogen) atoms. The largest absolute Gasteiger partial charge is 0.493 e. The minimum atomic E-state index is 0.293. The molecule has 1 unspecified atom stereocenters. The molecule has 0 fully saturated rings. The Morgan fingerprint density at radius 2 is 1.70 bits per heavy atom. The third kappa shape index (κ3) is 3.34. The van der Waals surface area contributed by atoms with Crippen molar-refractivity contribution < 1.29 is 9.47 Å². The fraction of sp³-hybridized carbons (Fsp3) is 0.294. The molecular weight excluding hydrogens is 316 g/mol. The Labute approximate surface area is 128 Å². The molecule has 106 valence electrons. The standard InChI is InChI=1S/C17H19BrO2/c1-12-6-4-5-7-14(12)15(18)10-13-8-9-16(19-2)17(11-13)20-3/h4-9,11,15H,10H2,1-3H3. The summed E-state index contributed by atoms with van der Waals surface area (Å²) in [6.45, 7) is 2.14. The number of hydrogen-bond donors (Lipinski definition) is 0. The van der Waals surface area contributed by atoms with Gasteiger partial charge in [-0.3, -0.25) is 0 Å². The van der Waals surface area contributed by atoms with Crippen LogP contribution in [0, 0.1) is 6.92 Å². The summed E-state index contributed by atoms with van der Waals surface area (Å²) < 4.78 is 10.6. The first kappa shape index (κ1) is 14.9. The molecule has 0 radical (unpaired) electrons. The number of aryl methyl sites for hydroxylation is 1. The lowest BCUT2D eigenvalue weighted by molar-refractivity contribution is 0.354. The molecule has 0 heterocycles. The molecule has 3 heteroatoms. The van der Waals surface area contributed by atoms with Gasteiger partial charge in [0.1, 0.15) is 0 Å². The van der Waals surface area contributed by atoms with E-state index < -0.39 is 0 Å². The van der Waals surface area contributed by atoms with E-state index in [1.807, 2.05) is 12.1 Å². The van der Waals surface area contributed by atoms with E-state index in [-0.39, 0.29) is 0 Å². The molecular formula is C17H19BrO2. The zero-order chi connectivity index (χ0) is 14.5. The van der Waals surface area contributed by atoms with Gasteiger partial charge in [-0.15, -0.1) is 0 Å². The van der Waals surface area contributed by atoms with Crippen molar-refractivity contribution in [2.75, 3.05) is 14.2 Å². The van der Waals surface area contributed by atoms with Crippen molar-refractivity contribution >= 4 is 15.9 Å². The lowest BCUT2D eigenvalue weighted by Crippen LogP contribution is -1.99. The summed E-state index contributed by atoms with van der Waals surface area (Å²) >= 11 is 3.78. The lowest BCUT2D eigenvalue weighted by Gasteiger charge is -2.14. The quantitative estimate of drug-likeness (QED) is 0.738. The molecule has 0 spiro atoms. The molecule has 0 aliphatic carbocycles. The Morgan fingerprint density at radius 3 is 2.35 bits per heavy atom. The molecule has 0 bridgehead atoms. The van der Waals surface area contributed by atoms with Gasteiger partial charge in [0.2, 0.25) is 0 Å². The van der Waals surface area contributed by atoms with E-state index in [1.165, 1.54) is 16.7 Å². The molecule has 2 aromatic rings. The molecule has 2 rings (SSSR count). The second-order valence-electron chi connectivity index (χ2n) is 4.72. The minimum Gasteiger partial charge on any atom is -0.493 e. The number of ether oxygens (including phenoxy) is 2. The molecule has 2 aromatic carbocycles. The van der Waals surface area contributed by atoms with Crippen LogP contribution >= 0.6 is 15.9 Å². The van der Waals surface area contributed by atoms with Gasteiger partial charge in [-0.1, -0.05) is 46.3 Å². The zero-order valence-corrected chi connectivity index (χ0v) is 13.6. The van der Waals surface area contributed by atoms with E-state index in [0.717, 1.165) is 17.9 Å². The number of hydrogen-bond acceptors (Lipinski definition) is 2. The van der Waals surface area contributed by atoms with Crippen LogP contribution in [0.1, 0.15) is 21.5 Å². The number of benzene rings is 2. The number of methoxy groups -OCH3 is 2. The first-order valence-electron chi connectivity index (χ1n) is 6.56. The van der Waals surface area contributed by atoms with Gasteiger partial charge in [-0.2, -0.15) is 0 Å². The minimum absolute atomic E-state index is 0.293. The van der Waals surface area contributed by atoms with Gasteiger partial charge in [0, 0.05) is 4.83 Å². The monoisotopic (exact) mass is 334 g/mol. The van der Waals surface area contributed by atoms with Crippen LogP contribution in [0.5, 0.6) is 11.5 Å². The molecule has 0 N–H and O–H groups in total. The summed E-state index contributed by atoms with van der Waals surface area (Å²) in [6.07, 6.45) is 0.908. The lowest BCUT2D eigenvalue weighted by atomic mass is 10.0. The summed E-state index contributed by atoms with van der Waals surface area (Å²) in [7, 11) is 3.31. The van der Waals surface area contributed by atoms with Crippen molar-refractivity contribution in [2.45, 2.75) is 18.2 Å². The van der Waals surface area contributed by atoms with Crippen LogP contribution in [-0.4, -0.2) is 14.2 Å². The van der Waals surface area contributed by atoms with Crippen LogP contribution in [0.25, 0.3) is 0 Å². The topological polar surface area (TPSA) is 18.5 Å². The predicted octanol–water partition coefficient (Wildman–Crippen LogP) is 4.69. The SMILES string of the molecule is COc1ccc(CC(Br)c2ccccc2C)cc1OC. The number of rotatable bonds is 5. The van der Waals surface area contributed by atoms with E-state index >= 15 is 0 Å². The second-order valence-corrected chi connectivity index (χ2v) is 5.82. The maximum atomic E-state index is 5.35. The molecule has 0 saturated heterocycles. The molecule has 0 amide bonds. The van der Waals surface area contributed by atoms with Crippen molar-refractivity contribution in [1.82, 2.24) is 0 Å². The highest BCUT2D eigenvalue weighted by Crippen LogP contribution is 2.33. The molecule has 0 saturated carbocycles. The summed E-state index contributed by atoms with van der Waals surface area (Å²) in [5, 5.41) is 0. The van der Waals surface area contributed by atoms with Crippen LogP contribution in [-0.2, 0) is 6.42 Å². The van der Waals surface area contributed by atoms with Gasteiger partial charge >= 0.3 is 0 Å². The van der Waals surface area contributed by atoms with Crippen molar-refractivity contribution in [3.8, 4) is 11.5 Å². The van der Waals surface area contributed by atoms with Crippen molar-refractivity contribution in [3.63, 3.8) is 0 Å². The zero-order valence-electron chi connectivity index (χ0n) is 12.0. The maximum absolute atomic E-state index is 5.35. The Balaban J connectivity index is 2.20. The highest BCUT2D eigenvalue weighted by atomic mass is 79.9. The van der Waals surface area contributed by atoms with Gasteiger partial charge < -0.3 is 9.47 Å². The van der Waals surface area contributed by atoms with Gasteiger partial charge in [0.25, 0.3) is 0 Å². The highest BCUT2D eigenvalue weighted by molar-refractivity contribution is 9.09. The summed E-state index contributed by atoms with van der Waals surface area (Å²) in [5.41, 5.74) is 3.84. The first-order chi connectivity index (χ1) is 9.65. The highest BCUT2D eigenvalue weighted by Gasteiger charge is 2.12. The third-order valence-electron chi connectivity index (χ3n) is 3.39. The van der Waals surface area contributed by atoms with E-state index in [9.17, 15) is 0 Å². The van der Waals surface area contributed by atoms with Crippen LogP contribution in [0.15, 0.2) is 42.5 Å². The summed E-state index contributed by atoms with van der Waals surface area (Å²) in [6, 6.07) is 14.5. The van der Waals surface area contributed by atoms with Gasteiger partial charge in [-0.25, -0.2) is 0 Å². The van der Waals surface area contributed by atoms with Gasteiger partial charge in [0.05, 0.1) is 14.2 Å². The Hall–Kier alpha value is -1.48. The first-order valence-corrected chi connectivity index (χ1v) is 7.47. The Kier molecular flexibility index (Phi) is 5.07. The smallest absolute Gasteiger partial charge is 0.160 e. The molecule has 2 nitrogen and oxygen atoms in total. The van der Waals surface area contributed by atoms with E-state index in [1.54, 1.807) is 14.2 Å². The molecule has 1 atom stereocenters. The van der Waals surface area contributed by atoms with Crippen molar-refractivity contribution in [1.29, 1.82) is 0 Å². The average molecular weight is 335 g/mol. The fourth-order valence-electron chi connectivity index (χ4n) is 2.26. The molecule has 0 aliphatic rings. The fourth-order valence-corrected chi connectivity index (χ4v) is 3.15. The van der Waals surface area contributed by atoms with Crippen LogP contribution < -0.4 is 9.47 Å². The van der Waals surface area contributed by atoms with E-state index in [2.05, 4.69) is 53.2 Å². The van der Waals surface area contributed by atoms with Crippen LogP contribution in [0.3, 0.4) is 0 Å². The maximum Gasteiger partial charge on any atom is 0.160 e. The second kappa shape index (κ2) is 6.80. The van der Waals surface area contributed by atoms with E-state index in [0.29, 0.717) is 4.83 Å². The summed E-state index contributed by atoms with van der Waals surface area (Å²) in [4.78, 5) is 0.293. The number of halogens is 1.